The van der Waals surface area contributed by atoms with Crippen LogP contribution < -0.4 is 10.6 Å². The van der Waals surface area contributed by atoms with Gasteiger partial charge in [0, 0.05) is 6.54 Å². The summed E-state index contributed by atoms with van der Waals surface area (Å²) in [6.07, 6.45) is 0.854. The first-order valence-corrected chi connectivity index (χ1v) is 6.39. The Morgan fingerprint density at radius 3 is 2.88 bits per heavy atom. The largest absolute Gasteiger partial charge is 0.352 e. The molecule has 5 heteroatoms. The van der Waals surface area contributed by atoms with Gasteiger partial charge >= 0.3 is 0 Å². The number of hydrogen-bond donors (Lipinski definition) is 2. The predicted octanol–water partition coefficient (Wildman–Crippen LogP) is 2.32. The lowest BCUT2D eigenvalue weighted by molar-refractivity contribution is 0.0952. The summed E-state index contributed by atoms with van der Waals surface area (Å²) in [6, 6.07) is 4.42. The lowest BCUT2D eigenvalue weighted by atomic mass is 10.2. The molecule has 0 radical (unpaired) electrons. The van der Waals surface area contributed by atoms with Crippen molar-refractivity contribution in [1.29, 1.82) is 0 Å². The van der Waals surface area contributed by atoms with Crippen molar-refractivity contribution in [3.05, 3.63) is 34.1 Å². The van der Waals surface area contributed by atoms with Crippen molar-refractivity contribution in [2.45, 2.75) is 13.3 Å². The smallest absolute Gasteiger partial charge is 0.252 e. The quantitative estimate of drug-likeness (QED) is 0.792. The van der Waals surface area contributed by atoms with Crippen LogP contribution in [0.25, 0.3) is 0 Å². The zero-order chi connectivity index (χ0) is 12.7. The highest BCUT2D eigenvalue weighted by Crippen LogP contribution is 2.19. The second-order valence-corrected chi connectivity index (χ2v) is 4.36. The molecule has 1 rings (SSSR count). The lowest BCUT2D eigenvalue weighted by Crippen LogP contribution is -2.27. The van der Waals surface area contributed by atoms with Gasteiger partial charge < -0.3 is 10.6 Å². The van der Waals surface area contributed by atoms with E-state index in [2.05, 4.69) is 26.6 Å². The molecule has 0 heterocycles. The molecule has 1 amide bonds. The van der Waals surface area contributed by atoms with E-state index < -0.39 is 5.82 Å². The Hall–Kier alpha value is -0.940. The molecule has 0 atom stereocenters. The van der Waals surface area contributed by atoms with Crippen LogP contribution in [0.2, 0.25) is 0 Å². The third kappa shape index (κ3) is 4.44. The van der Waals surface area contributed by atoms with Gasteiger partial charge in [-0.3, -0.25) is 4.79 Å². The van der Waals surface area contributed by atoms with Crippen molar-refractivity contribution in [3.8, 4) is 0 Å². The van der Waals surface area contributed by atoms with Crippen LogP contribution in [0.5, 0.6) is 0 Å². The van der Waals surface area contributed by atoms with Crippen LogP contribution in [0.15, 0.2) is 22.7 Å². The molecule has 0 aliphatic carbocycles. The average molecular weight is 303 g/mol. The topological polar surface area (TPSA) is 41.1 Å². The predicted molar refractivity (Wildman–Crippen MR) is 69.6 cm³/mol. The zero-order valence-corrected chi connectivity index (χ0v) is 11.3. The van der Waals surface area contributed by atoms with Crippen molar-refractivity contribution in [2.24, 2.45) is 0 Å². The van der Waals surface area contributed by atoms with E-state index in [1.54, 1.807) is 6.07 Å². The van der Waals surface area contributed by atoms with E-state index in [9.17, 15) is 9.18 Å². The van der Waals surface area contributed by atoms with Crippen molar-refractivity contribution < 1.29 is 9.18 Å². The first kappa shape index (κ1) is 14.1. The number of halogens is 2. The Labute approximate surface area is 109 Å². The monoisotopic (exact) mass is 302 g/mol. The maximum Gasteiger partial charge on any atom is 0.252 e. The molecule has 1 aromatic carbocycles. The van der Waals surface area contributed by atoms with Crippen LogP contribution in [-0.4, -0.2) is 25.5 Å². The molecule has 1 aromatic rings. The molecule has 2 N–H and O–H groups in total. The molecule has 0 saturated carbocycles. The molecule has 94 valence electrons. The molecule has 0 fully saturated rings. The van der Waals surface area contributed by atoms with Crippen molar-refractivity contribution in [2.75, 3.05) is 19.6 Å². The summed E-state index contributed by atoms with van der Waals surface area (Å²) >= 11 is 3.07. The van der Waals surface area contributed by atoms with Gasteiger partial charge in [0.05, 0.1) is 10.0 Å². The minimum Gasteiger partial charge on any atom is -0.352 e. The Morgan fingerprint density at radius 1 is 1.41 bits per heavy atom. The molecular weight excluding hydrogens is 287 g/mol. The maximum atomic E-state index is 13.2. The van der Waals surface area contributed by atoms with Gasteiger partial charge in [-0.2, -0.15) is 0 Å². The molecule has 0 spiro atoms. The molecule has 17 heavy (non-hydrogen) atoms. The molecular formula is C12H16BrFN2O. The number of hydrogen-bond acceptors (Lipinski definition) is 2. The summed E-state index contributed by atoms with van der Waals surface area (Å²) in [5, 5.41) is 5.91. The fraction of sp³-hybridized carbons (Fsp3) is 0.417. The third-order valence-corrected chi connectivity index (χ3v) is 3.07. The summed E-state index contributed by atoms with van der Waals surface area (Å²) in [7, 11) is 0. The third-order valence-electron chi connectivity index (χ3n) is 2.26. The Bertz CT molecular complexity index is 385. The van der Waals surface area contributed by atoms with Gasteiger partial charge in [0.25, 0.3) is 5.91 Å². The fourth-order valence-electron chi connectivity index (χ4n) is 1.37. The highest BCUT2D eigenvalue weighted by molar-refractivity contribution is 9.10. The van der Waals surface area contributed by atoms with Gasteiger partial charge in [-0.25, -0.2) is 4.39 Å². The van der Waals surface area contributed by atoms with E-state index in [0.29, 0.717) is 12.1 Å². The van der Waals surface area contributed by atoms with E-state index in [1.165, 1.54) is 12.1 Å². The summed E-state index contributed by atoms with van der Waals surface area (Å²) in [4.78, 5) is 11.7. The number of nitrogens with one attached hydrogen (secondary N) is 2. The first-order valence-electron chi connectivity index (χ1n) is 5.59. The van der Waals surface area contributed by atoms with Crippen LogP contribution in [0, 0.1) is 5.82 Å². The van der Waals surface area contributed by atoms with Gasteiger partial charge in [-0.1, -0.05) is 13.0 Å². The van der Waals surface area contributed by atoms with Crippen LogP contribution in [0.4, 0.5) is 4.39 Å². The second-order valence-electron chi connectivity index (χ2n) is 3.56. The van der Waals surface area contributed by atoms with Gasteiger partial charge in [-0.05, 0) is 47.6 Å². The van der Waals surface area contributed by atoms with Gasteiger partial charge in [0.1, 0.15) is 5.82 Å². The van der Waals surface area contributed by atoms with Gasteiger partial charge in [0.2, 0.25) is 0 Å². The van der Waals surface area contributed by atoms with E-state index in [-0.39, 0.29) is 10.4 Å². The van der Waals surface area contributed by atoms with E-state index >= 15 is 0 Å². The average Bonchev–Trinajstić information content (AvgIpc) is 2.32. The van der Waals surface area contributed by atoms with Crippen molar-refractivity contribution in [1.82, 2.24) is 10.6 Å². The molecule has 0 bridgehead atoms. The van der Waals surface area contributed by atoms with Crippen LogP contribution in [-0.2, 0) is 0 Å². The highest BCUT2D eigenvalue weighted by atomic mass is 79.9. The standard InChI is InChI=1S/C12H16BrFN2O/c1-2-15-7-4-8-16-12(17)9-5-3-6-10(14)11(9)13/h3,5-6,15H,2,4,7-8H2,1H3,(H,16,17). The SMILES string of the molecule is CCNCCCNC(=O)c1cccc(F)c1Br. The summed E-state index contributed by atoms with van der Waals surface area (Å²) in [5.41, 5.74) is 0.327. The number of carbonyl (C=O) groups excluding carboxylic acids is 1. The van der Waals surface area contributed by atoms with E-state index in [0.717, 1.165) is 19.5 Å². The van der Waals surface area contributed by atoms with E-state index in [4.69, 9.17) is 0 Å². The van der Waals surface area contributed by atoms with Crippen LogP contribution >= 0.6 is 15.9 Å². The van der Waals surface area contributed by atoms with E-state index in [1.807, 2.05) is 6.92 Å². The summed E-state index contributed by atoms with van der Waals surface area (Å²) in [5.74, 6) is -0.682. The molecule has 0 aliphatic heterocycles. The number of amides is 1. The van der Waals surface area contributed by atoms with Gasteiger partial charge in [-0.15, -0.1) is 0 Å². The molecule has 0 aliphatic rings. The Balaban J connectivity index is 2.44. The lowest BCUT2D eigenvalue weighted by Gasteiger charge is -2.07. The van der Waals surface area contributed by atoms with Gasteiger partial charge in [0.15, 0.2) is 0 Å². The number of benzene rings is 1. The van der Waals surface area contributed by atoms with Crippen LogP contribution in [0.1, 0.15) is 23.7 Å². The van der Waals surface area contributed by atoms with Crippen molar-refractivity contribution >= 4 is 21.8 Å². The normalized spacial score (nSPS) is 10.3. The molecule has 0 aromatic heterocycles. The number of rotatable bonds is 6. The Morgan fingerprint density at radius 2 is 2.18 bits per heavy atom. The Kier molecular flexibility index (Phi) is 6.15. The van der Waals surface area contributed by atoms with Crippen LogP contribution in [0.3, 0.4) is 0 Å². The molecule has 0 saturated heterocycles. The summed E-state index contributed by atoms with van der Waals surface area (Å²) < 4.78 is 13.4. The minimum atomic E-state index is -0.426. The summed E-state index contributed by atoms with van der Waals surface area (Å²) in [6.45, 7) is 4.39. The molecule has 0 unspecified atom stereocenters. The minimum absolute atomic E-state index is 0.212. The van der Waals surface area contributed by atoms with Crippen molar-refractivity contribution in [3.63, 3.8) is 0 Å². The second kappa shape index (κ2) is 7.40. The molecule has 3 nitrogen and oxygen atoms in total. The fourth-order valence-corrected chi connectivity index (χ4v) is 1.81. The maximum absolute atomic E-state index is 13.2. The number of carbonyl (C=O) groups is 1. The first-order chi connectivity index (χ1) is 8.16. The zero-order valence-electron chi connectivity index (χ0n) is 9.72. The highest BCUT2D eigenvalue weighted by Gasteiger charge is 2.11.